The maximum atomic E-state index is 11.6. The smallest absolute Gasteiger partial charge is 0.324 e. The molecule has 16 heavy (non-hydrogen) atoms. The highest BCUT2D eigenvalue weighted by Gasteiger charge is 2.31. The van der Waals surface area contributed by atoms with Gasteiger partial charge in [-0.25, -0.2) is 0 Å². The number of hydrogen-bond acceptors (Lipinski definition) is 4. The third-order valence-electron chi connectivity index (χ3n) is 3.26. The van der Waals surface area contributed by atoms with Gasteiger partial charge in [-0.2, -0.15) is 0 Å². The molecule has 92 valence electrons. The van der Waals surface area contributed by atoms with Gasteiger partial charge in [0.15, 0.2) is 0 Å². The zero-order valence-electron chi connectivity index (χ0n) is 10.2. The highest BCUT2D eigenvalue weighted by atomic mass is 16.5. The van der Waals surface area contributed by atoms with Crippen LogP contribution >= 0.6 is 0 Å². The van der Waals surface area contributed by atoms with Crippen molar-refractivity contribution in [1.29, 1.82) is 0 Å². The van der Waals surface area contributed by atoms with E-state index in [0.29, 0.717) is 6.04 Å². The minimum Gasteiger partial charge on any atom is -0.468 e. The Morgan fingerprint density at radius 1 is 1.44 bits per heavy atom. The number of nitrogens with one attached hydrogen (secondary N) is 1. The van der Waals surface area contributed by atoms with Crippen LogP contribution < -0.4 is 5.32 Å². The Kier molecular flexibility index (Phi) is 3.82. The van der Waals surface area contributed by atoms with Crippen molar-refractivity contribution in [2.45, 2.75) is 37.8 Å². The molecule has 2 rings (SSSR count). The number of ether oxygens (including phenoxy) is 1. The largest absolute Gasteiger partial charge is 0.468 e. The molecule has 0 spiro atoms. The third-order valence-corrected chi connectivity index (χ3v) is 3.26. The first-order valence-electron chi connectivity index (χ1n) is 6.21. The van der Waals surface area contributed by atoms with Gasteiger partial charge in [0, 0.05) is 19.1 Å². The van der Waals surface area contributed by atoms with Crippen molar-refractivity contribution in [3.05, 3.63) is 0 Å². The van der Waals surface area contributed by atoms with Crippen molar-refractivity contribution in [3.63, 3.8) is 0 Å². The van der Waals surface area contributed by atoms with Crippen LogP contribution in [-0.4, -0.2) is 50.2 Å². The van der Waals surface area contributed by atoms with E-state index in [9.17, 15) is 4.79 Å². The summed E-state index contributed by atoms with van der Waals surface area (Å²) in [5, 5.41) is 3.35. The van der Waals surface area contributed by atoms with Gasteiger partial charge in [-0.15, -0.1) is 0 Å². The maximum absolute atomic E-state index is 11.6. The van der Waals surface area contributed by atoms with Crippen LogP contribution in [0, 0.1) is 5.92 Å². The van der Waals surface area contributed by atoms with E-state index in [1.807, 2.05) is 0 Å². The molecule has 0 aromatic carbocycles. The molecule has 1 atom stereocenters. The number of esters is 1. The second-order valence-corrected chi connectivity index (χ2v) is 5.18. The summed E-state index contributed by atoms with van der Waals surface area (Å²) in [5.41, 5.74) is 0. The van der Waals surface area contributed by atoms with E-state index < -0.39 is 0 Å². The number of likely N-dealkylation sites (N-methyl/N-ethyl adjacent to an activating group) is 1. The van der Waals surface area contributed by atoms with Gasteiger partial charge in [-0.3, -0.25) is 4.79 Å². The first-order valence-corrected chi connectivity index (χ1v) is 6.21. The molecule has 0 aliphatic heterocycles. The van der Waals surface area contributed by atoms with Gasteiger partial charge in [-0.1, -0.05) is 0 Å². The number of carbonyl (C=O) groups excluding carboxylic acids is 1. The first-order chi connectivity index (χ1) is 7.69. The Morgan fingerprint density at radius 3 is 2.62 bits per heavy atom. The van der Waals surface area contributed by atoms with Gasteiger partial charge >= 0.3 is 5.97 Å². The summed E-state index contributed by atoms with van der Waals surface area (Å²) in [5.74, 6) is 0.735. The SMILES string of the molecule is COC(=O)C(CN(C)CC1CC1)NC1CC1. The number of rotatable bonds is 7. The molecule has 0 saturated heterocycles. The van der Waals surface area contributed by atoms with Crippen LogP contribution in [-0.2, 0) is 9.53 Å². The van der Waals surface area contributed by atoms with Gasteiger partial charge in [0.2, 0.25) is 0 Å². The molecule has 0 heterocycles. The minimum absolute atomic E-state index is 0.130. The molecular weight excluding hydrogens is 204 g/mol. The summed E-state index contributed by atoms with van der Waals surface area (Å²) < 4.78 is 4.83. The second-order valence-electron chi connectivity index (χ2n) is 5.18. The van der Waals surface area contributed by atoms with E-state index in [1.54, 1.807) is 0 Å². The molecule has 2 aliphatic carbocycles. The molecule has 0 aromatic rings. The van der Waals surface area contributed by atoms with E-state index >= 15 is 0 Å². The van der Waals surface area contributed by atoms with Crippen LogP contribution in [0.5, 0.6) is 0 Å². The van der Waals surface area contributed by atoms with Crippen LogP contribution in [0.25, 0.3) is 0 Å². The van der Waals surface area contributed by atoms with Crippen LogP contribution in [0.2, 0.25) is 0 Å². The summed E-state index contributed by atoms with van der Waals surface area (Å²) in [6.45, 7) is 1.87. The van der Waals surface area contributed by atoms with Crippen molar-refractivity contribution in [3.8, 4) is 0 Å². The summed E-state index contributed by atoms with van der Waals surface area (Å²) in [6.07, 6.45) is 5.09. The number of methoxy groups -OCH3 is 1. The molecule has 2 aliphatic rings. The van der Waals surface area contributed by atoms with E-state index in [4.69, 9.17) is 4.74 Å². The van der Waals surface area contributed by atoms with Crippen molar-refractivity contribution in [2.75, 3.05) is 27.2 Å². The van der Waals surface area contributed by atoms with Crippen LogP contribution in [0.1, 0.15) is 25.7 Å². The Labute approximate surface area is 97.3 Å². The first kappa shape index (κ1) is 11.9. The van der Waals surface area contributed by atoms with E-state index in [1.165, 1.54) is 32.8 Å². The quantitative estimate of drug-likeness (QED) is 0.646. The fourth-order valence-corrected chi connectivity index (χ4v) is 2.00. The molecule has 4 heteroatoms. The molecule has 0 bridgehead atoms. The van der Waals surface area contributed by atoms with E-state index in [-0.39, 0.29) is 12.0 Å². The van der Waals surface area contributed by atoms with Crippen molar-refractivity contribution < 1.29 is 9.53 Å². The number of nitrogens with zero attached hydrogens (tertiary/aromatic N) is 1. The summed E-state index contributed by atoms with van der Waals surface area (Å²) in [6, 6.07) is 0.389. The summed E-state index contributed by atoms with van der Waals surface area (Å²) in [4.78, 5) is 13.8. The minimum atomic E-state index is -0.152. The molecule has 2 fully saturated rings. The Bertz CT molecular complexity index is 249. The fraction of sp³-hybridized carbons (Fsp3) is 0.917. The zero-order valence-corrected chi connectivity index (χ0v) is 10.2. The summed E-state index contributed by atoms with van der Waals surface area (Å²) in [7, 11) is 3.55. The lowest BCUT2D eigenvalue weighted by molar-refractivity contribution is -0.143. The average Bonchev–Trinajstić information content (AvgIpc) is 3.10. The molecule has 0 amide bonds. The second kappa shape index (κ2) is 5.15. The number of hydrogen-bond donors (Lipinski definition) is 1. The van der Waals surface area contributed by atoms with Crippen molar-refractivity contribution in [2.24, 2.45) is 5.92 Å². The molecule has 1 N–H and O–H groups in total. The lowest BCUT2D eigenvalue weighted by Crippen LogP contribution is -2.47. The maximum Gasteiger partial charge on any atom is 0.324 e. The van der Waals surface area contributed by atoms with Gasteiger partial charge in [0.25, 0.3) is 0 Å². The fourth-order valence-electron chi connectivity index (χ4n) is 2.00. The molecule has 0 aromatic heterocycles. The Balaban J connectivity index is 1.76. The Hall–Kier alpha value is -0.610. The van der Waals surface area contributed by atoms with Crippen LogP contribution in [0.3, 0.4) is 0 Å². The Morgan fingerprint density at radius 2 is 2.12 bits per heavy atom. The monoisotopic (exact) mass is 226 g/mol. The molecule has 1 unspecified atom stereocenters. The molecule has 4 nitrogen and oxygen atoms in total. The number of carbonyl (C=O) groups is 1. The molecule has 2 saturated carbocycles. The lowest BCUT2D eigenvalue weighted by Gasteiger charge is -2.23. The van der Waals surface area contributed by atoms with Gasteiger partial charge in [-0.05, 0) is 38.6 Å². The molecular formula is C12H22N2O2. The van der Waals surface area contributed by atoms with Crippen LogP contribution in [0.4, 0.5) is 0 Å². The standard InChI is InChI=1S/C12H22N2O2/c1-14(7-9-3-4-9)8-11(12(15)16-2)13-10-5-6-10/h9-11,13H,3-8H2,1-2H3. The lowest BCUT2D eigenvalue weighted by atomic mass is 10.2. The zero-order chi connectivity index (χ0) is 11.5. The van der Waals surface area contributed by atoms with Crippen molar-refractivity contribution >= 4 is 5.97 Å². The van der Waals surface area contributed by atoms with Gasteiger partial charge < -0.3 is 15.0 Å². The topological polar surface area (TPSA) is 41.6 Å². The van der Waals surface area contributed by atoms with Crippen LogP contribution in [0.15, 0.2) is 0 Å². The van der Waals surface area contributed by atoms with Crippen molar-refractivity contribution in [1.82, 2.24) is 10.2 Å². The highest BCUT2D eigenvalue weighted by molar-refractivity contribution is 5.76. The van der Waals surface area contributed by atoms with E-state index in [2.05, 4.69) is 17.3 Å². The van der Waals surface area contributed by atoms with Gasteiger partial charge in [0.1, 0.15) is 6.04 Å². The molecule has 0 radical (unpaired) electrons. The third kappa shape index (κ3) is 3.76. The highest BCUT2D eigenvalue weighted by Crippen LogP contribution is 2.29. The average molecular weight is 226 g/mol. The summed E-state index contributed by atoms with van der Waals surface area (Å²) >= 11 is 0. The predicted molar refractivity (Wildman–Crippen MR) is 62.2 cm³/mol. The van der Waals surface area contributed by atoms with Gasteiger partial charge in [0.05, 0.1) is 7.11 Å². The van der Waals surface area contributed by atoms with E-state index in [0.717, 1.165) is 19.0 Å². The predicted octanol–water partition coefficient (Wildman–Crippen LogP) is 0.622. The normalized spacial score (nSPS) is 22.2.